The second-order valence-electron chi connectivity index (χ2n) is 12.6. The van der Waals surface area contributed by atoms with Gasteiger partial charge in [0.1, 0.15) is 5.79 Å². The van der Waals surface area contributed by atoms with Crippen LogP contribution in [0.5, 0.6) is 0 Å². The monoisotopic (exact) mass is 484 g/mol. The van der Waals surface area contributed by atoms with Crippen molar-refractivity contribution in [3.8, 4) is 0 Å². The van der Waals surface area contributed by atoms with Crippen molar-refractivity contribution in [2.45, 2.75) is 124 Å². The highest BCUT2D eigenvalue weighted by Crippen LogP contribution is 2.46. The predicted molar refractivity (Wildman–Crippen MR) is 136 cm³/mol. The normalized spacial score (nSPS) is 24.0. The Bertz CT molecular complexity index is 687. The Kier molecular flexibility index (Phi) is 10.1. The SMILES string of the molecule is CCCC[Si](C)(C)OC(C)(C)O[Si](C)(C)CC(=O)NC1CC(C)(C)CC(C)(CN=C=O)C1. The van der Waals surface area contributed by atoms with Crippen LogP contribution < -0.4 is 5.32 Å². The molecule has 1 saturated carbocycles. The van der Waals surface area contributed by atoms with Crippen LogP contribution >= 0.6 is 0 Å². The van der Waals surface area contributed by atoms with Gasteiger partial charge in [-0.05, 0) is 76.2 Å². The van der Waals surface area contributed by atoms with Crippen LogP contribution in [-0.2, 0) is 18.4 Å². The number of isocyanates is 1. The molecule has 6 nitrogen and oxygen atoms in total. The molecule has 186 valence electrons. The summed E-state index contributed by atoms with van der Waals surface area (Å²) in [5.41, 5.74) is -0.0254. The Morgan fingerprint density at radius 2 is 1.72 bits per heavy atom. The quantitative estimate of drug-likeness (QED) is 0.159. The van der Waals surface area contributed by atoms with E-state index in [2.05, 4.69) is 64.2 Å². The lowest BCUT2D eigenvalue weighted by Crippen LogP contribution is -2.52. The first kappa shape index (κ1) is 29.2. The van der Waals surface area contributed by atoms with Crippen LogP contribution in [0.1, 0.15) is 73.6 Å². The molecule has 0 bridgehead atoms. The Hall–Kier alpha value is -0.796. The molecule has 0 heterocycles. The van der Waals surface area contributed by atoms with Gasteiger partial charge in [-0.2, -0.15) is 0 Å². The number of rotatable bonds is 12. The Balaban J connectivity index is 2.74. The maximum Gasteiger partial charge on any atom is 0.234 e. The van der Waals surface area contributed by atoms with Crippen molar-refractivity contribution in [3.63, 3.8) is 0 Å². The van der Waals surface area contributed by atoms with E-state index in [0.29, 0.717) is 12.6 Å². The minimum atomic E-state index is -2.29. The highest BCUT2D eigenvalue weighted by molar-refractivity contribution is 6.74. The minimum Gasteiger partial charge on any atom is -0.392 e. The Morgan fingerprint density at radius 1 is 1.12 bits per heavy atom. The van der Waals surface area contributed by atoms with Gasteiger partial charge in [0.2, 0.25) is 12.0 Å². The molecule has 1 aliphatic rings. The van der Waals surface area contributed by atoms with E-state index in [-0.39, 0.29) is 22.8 Å². The molecule has 0 spiro atoms. The molecular weight excluding hydrogens is 436 g/mol. The molecule has 8 heteroatoms. The molecule has 2 unspecified atom stereocenters. The predicted octanol–water partition coefficient (Wildman–Crippen LogP) is 6.00. The van der Waals surface area contributed by atoms with Gasteiger partial charge in [0.25, 0.3) is 0 Å². The van der Waals surface area contributed by atoms with Crippen molar-refractivity contribution in [1.29, 1.82) is 0 Å². The van der Waals surface area contributed by atoms with Crippen LogP contribution in [0.15, 0.2) is 4.99 Å². The second-order valence-corrected chi connectivity index (χ2v) is 20.9. The van der Waals surface area contributed by atoms with Crippen LogP contribution in [0.4, 0.5) is 0 Å². The van der Waals surface area contributed by atoms with Crippen molar-refractivity contribution in [2.75, 3.05) is 6.54 Å². The molecular formula is C24H48N2O4Si2. The van der Waals surface area contributed by atoms with Crippen molar-refractivity contribution in [3.05, 3.63) is 0 Å². The van der Waals surface area contributed by atoms with Gasteiger partial charge >= 0.3 is 0 Å². The summed E-state index contributed by atoms with van der Waals surface area (Å²) in [6, 6.07) is 1.59. The zero-order chi connectivity index (χ0) is 24.8. The fraction of sp³-hybridized carbons (Fsp3) is 0.917. The summed E-state index contributed by atoms with van der Waals surface area (Å²) in [6.07, 6.45) is 6.73. The molecule has 0 radical (unpaired) electrons. The maximum absolute atomic E-state index is 13.0. The first-order valence-corrected chi connectivity index (χ1v) is 18.4. The van der Waals surface area contributed by atoms with Gasteiger partial charge in [0.05, 0.1) is 6.54 Å². The summed E-state index contributed by atoms with van der Waals surface area (Å²) >= 11 is 0. The van der Waals surface area contributed by atoms with E-state index in [4.69, 9.17) is 8.85 Å². The highest BCUT2D eigenvalue weighted by Gasteiger charge is 2.43. The number of unbranched alkanes of at least 4 members (excludes halogenated alkanes) is 1. The zero-order valence-corrected chi connectivity index (χ0v) is 24.3. The van der Waals surface area contributed by atoms with Crippen LogP contribution in [0, 0.1) is 10.8 Å². The summed E-state index contributed by atoms with van der Waals surface area (Å²) in [4.78, 5) is 27.5. The molecule has 0 aromatic carbocycles. The smallest absolute Gasteiger partial charge is 0.234 e. The average Bonchev–Trinajstić information content (AvgIpc) is 2.53. The Morgan fingerprint density at radius 3 is 2.28 bits per heavy atom. The molecule has 1 aliphatic carbocycles. The topological polar surface area (TPSA) is 77.0 Å². The summed E-state index contributed by atoms with van der Waals surface area (Å²) in [5.74, 6) is -0.638. The van der Waals surface area contributed by atoms with E-state index < -0.39 is 22.4 Å². The van der Waals surface area contributed by atoms with Crippen molar-refractivity contribution in [1.82, 2.24) is 5.32 Å². The average molecular weight is 485 g/mol. The van der Waals surface area contributed by atoms with Gasteiger partial charge in [-0.25, -0.2) is 9.79 Å². The summed E-state index contributed by atoms with van der Waals surface area (Å²) in [5, 5.41) is 3.27. The fourth-order valence-electron chi connectivity index (χ4n) is 5.79. The largest absolute Gasteiger partial charge is 0.392 e. The number of hydrogen-bond acceptors (Lipinski definition) is 5. The van der Waals surface area contributed by atoms with E-state index in [1.807, 2.05) is 13.8 Å². The van der Waals surface area contributed by atoms with Gasteiger partial charge in [-0.3, -0.25) is 4.79 Å². The molecule has 1 amide bonds. The van der Waals surface area contributed by atoms with E-state index in [1.54, 1.807) is 6.08 Å². The van der Waals surface area contributed by atoms with Crippen molar-refractivity contribution >= 4 is 28.6 Å². The Labute approximate surface area is 198 Å². The fourth-order valence-corrected chi connectivity index (χ4v) is 10.9. The molecule has 1 fully saturated rings. The van der Waals surface area contributed by atoms with E-state index in [0.717, 1.165) is 25.3 Å². The third-order valence-corrected chi connectivity index (χ3v) is 10.9. The zero-order valence-electron chi connectivity index (χ0n) is 22.3. The standard InChI is InChI=1S/C24H48N2O4Si2/c1-11-12-13-31(7,8)29-23(4,5)30-32(9,10)16-21(28)26-20-14-22(2,3)17-24(6,15-20)18-25-19-27/h20H,11-18H2,1-10H3,(H,26,28). The van der Waals surface area contributed by atoms with Crippen LogP contribution in [0.2, 0.25) is 38.3 Å². The van der Waals surface area contributed by atoms with Gasteiger partial charge in [-0.15, -0.1) is 0 Å². The number of hydrogen-bond donors (Lipinski definition) is 1. The van der Waals surface area contributed by atoms with E-state index >= 15 is 0 Å². The number of nitrogens with one attached hydrogen (secondary N) is 1. The number of nitrogens with zero attached hydrogens (tertiary/aromatic N) is 1. The lowest BCUT2D eigenvalue weighted by atomic mass is 9.62. The minimum absolute atomic E-state index is 0.0453. The number of carbonyl (C=O) groups is 1. The lowest BCUT2D eigenvalue weighted by Gasteiger charge is -2.46. The molecule has 0 aromatic heterocycles. The van der Waals surface area contributed by atoms with Gasteiger partial charge in [-0.1, -0.05) is 40.5 Å². The highest BCUT2D eigenvalue weighted by atomic mass is 28.4. The first-order chi connectivity index (χ1) is 14.4. The lowest BCUT2D eigenvalue weighted by molar-refractivity contribution is -0.121. The summed E-state index contributed by atoms with van der Waals surface area (Å²) in [7, 11) is -4.11. The molecule has 32 heavy (non-hydrogen) atoms. The van der Waals surface area contributed by atoms with Gasteiger partial charge in [0.15, 0.2) is 16.6 Å². The number of amides is 1. The van der Waals surface area contributed by atoms with Crippen LogP contribution in [-0.4, -0.2) is 47.0 Å². The second kappa shape index (κ2) is 11.1. The third kappa shape index (κ3) is 10.9. The number of aliphatic imine (C=N–C) groups is 1. The maximum atomic E-state index is 13.0. The van der Waals surface area contributed by atoms with Gasteiger partial charge < -0.3 is 14.2 Å². The van der Waals surface area contributed by atoms with E-state index in [9.17, 15) is 9.59 Å². The van der Waals surface area contributed by atoms with Crippen LogP contribution in [0.25, 0.3) is 0 Å². The molecule has 0 saturated heterocycles. The summed E-state index contributed by atoms with van der Waals surface area (Å²) < 4.78 is 12.9. The van der Waals surface area contributed by atoms with Crippen LogP contribution in [0.3, 0.4) is 0 Å². The van der Waals surface area contributed by atoms with Crippen molar-refractivity contribution < 1.29 is 18.4 Å². The summed E-state index contributed by atoms with van der Waals surface area (Å²) in [6.45, 7) is 21.9. The first-order valence-electron chi connectivity index (χ1n) is 12.2. The third-order valence-electron chi connectivity index (χ3n) is 6.10. The van der Waals surface area contributed by atoms with Gasteiger partial charge in [0, 0.05) is 12.1 Å². The molecule has 1 N–H and O–H groups in total. The number of carbonyl (C=O) groups excluding carboxylic acids is 2. The van der Waals surface area contributed by atoms with Crippen molar-refractivity contribution in [2.24, 2.45) is 15.8 Å². The molecule has 0 aliphatic heterocycles. The molecule has 0 aromatic rings. The molecule has 2 atom stereocenters. The molecule has 1 rings (SSSR count). The van der Waals surface area contributed by atoms with E-state index in [1.165, 1.54) is 12.8 Å².